The Morgan fingerprint density at radius 3 is 2.58 bits per heavy atom. The molecule has 0 bridgehead atoms. The van der Waals surface area contributed by atoms with Crippen LogP contribution in [0.15, 0.2) is 41.3 Å². The van der Waals surface area contributed by atoms with Crippen molar-refractivity contribution in [2.75, 3.05) is 50.0 Å². The summed E-state index contributed by atoms with van der Waals surface area (Å²) >= 11 is 1.38. The number of hydrogen-bond donors (Lipinski definition) is 0. The van der Waals surface area contributed by atoms with Crippen molar-refractivity contribution >= 4 is 42.4 Å². The topological polar surface area (TPSA) is 79.8 Å². The van der Waals surface area contributed by atoms with Crippen molar-refractivity contribution in [1.29, 1.82) is 0 Å². The third-order valence-electron chi connectivity index (χ3n) is 5.58. The third-order valence-corrected chi connectivity index (χ3v) is 8.22. The van der Waals surface area contributed by atoms with Crippen LogP contribution < -0.4 is 4.90 Å². The maximum atomic E-state index is 13.3. The van der Waals surface area contributed by atoms with Gasteiger partial charge in [-0.25, -0.2) is 17.8 Å². The van der Waals surface area contributed by atoms with Gasteiger partial charge in [0.15, 0.2) is 15.0 Å². The second kappa shape index (κ2) is 9.84. The van der Waals surface area contributed by atoms with Gasteiger partial charge in [-0.05, 0) is 55.3 Å². The van der Waals surface area contributed by atoms with Gasteiger partial charge in [0.2, 0.25) is 5.91 Å². The number of aromatic nitrogens is 1. The van der Waals surface area contributed by atoms with E-state index in [2.05, 4.69) is 9.88 Å². The van der Waals surface area contributed by atoms with Gasteiger partial charge in [0, 0.05) is 26.2 Å². The fourth-order valence-electron chi connectivity index (χ4n) is 3.83. The van der Waals surface area contributed by atoms with Crippen molar-refractivity contribution in [2.24, 2.45) is 0 Å². The van der Waals surface area contributed by atoms with Gasteiger partial charge < -0.3 is 4.74 Å². The summed E-state index contributed by atoms with van der Waals surface area (Å²) in [6, 6.07) is 8.56. The number of anilines is 1. The molecule has 3 aromatic rings. The first-order valence-electron chi connectivity index (χ1n) is 10.7. The number of thiazole rings is 1. The molecule has 1 aliphatic rings. The molecule has 7 nitrogen and oxygen atoms in total. The van der Waals surface area contributed by atoms with E-state index in [9.17, 15) is 17.6 Å². The highest BCUT2D eigenvalue weighted by atomic mass is 32.2. The number of aryl methyl sites for hydroxylation is 2. The molecule has 0 atom stereocenters. The number of carbonyl (C=O) groups is 1. The SMILES string of the molecule is Cc1cc(C)c2nc(N(CCN3CCOCC3)C(=O)CS(=O)(=O)c3ccc(F)cc3)sc2c1. The molecule has 0 saturated carbocycles. The number of halogens is 1. The third kappa shape index (κ3) is 5.57. The van der Waals surface area contributed by atoms with Crippen molar-refractivity contribution in [3.63, 3.8) is 0 Å². The summed E-state index contributed by atoms with van der Waals surface area (Å²) in [6.07, 6.45) is 0. The van der Waals surface area contributed by atoms with Gasteiger partial charge in [0.25, 0.3) is 0 Å². The van der Waals surface area contributed by atoms with Gasteiger partial charge in [0.05, 0.1) is 28.3 Å². The fourth-order valence-corrected chi connectivity index (χ4v) is 6.22. The Bertz CT molecular complexity index is 1250. The predicted octanol–water partition coefficient (Wildman–Crippen LogP) is 3.19. The van der Waals surface area contributed by atoms with Gasteiger partial charge in [0.1, 0.15) is 11.6 Å². The van der Waals surface area contributed by atoms with Crippen LogP contribution in [0.1, 0.15) is 11.1 Å². The monoisotopic (exact) mass is 491 g/mol. The first kappa shape index (κ1) is 23.7. The van der Waals surface area contributed by atoms with Crippen LogP contribution in [0.25, 0.3) is 10.2 Å². The Balaban J connectivity index is 1.62. The van der Waals surface area contributed by atoms with E-state index in [4.69, 9.17) is 4.74 Å². The molecular weight excluding hydrogens is 465 g/mol. The number of nitrogens with zero attached hydrogens (tertiary/aromatic N) is 3. The van der Waals surface area contributed by atoms with Crippen molar-refractivity contribution in [3.05, 3.63) is 53.3 Å². The van der Waals surface area contributed by atoms with Crippen molar-refractivity contribution in [1.82, 2.24) is 9.88 Å². The zero-order valence-electron chi connectivity index (χ0n) is 18.6. The smallest absolute Gasteiger partial charge is 0.244 e. The molecular formula is C23H26FN3O4S2. The predicted molar refractivity (Wildman–Crippen MR) is 127 cm³/mol. The molecule has 0 N–H and O–H groups in total. The van der Waals surface area contributed by atoms with Crippen LogP contribution in [0.2, 0.25) is 0 Å². The van der Waals surface area contributed by atoms with Gasteiger partial charge in [-0.3, -0.25) is 14.6 Å². The molecule has 10 heteroatoms. The fraction of sp³-hybridized carbons (Fsp3) is 0.391. The maximum Gasteiger partial charge on any atom is 0.244 e. The van der Waals surface area contributed by atoms with E-state index in [0.29, 0.717) is 31.4 Å². The van der Waals surface area contributed by atoms with Gasteiger partial charge in [-0.2, -0.15) is 0 Å². The van der Waals surface area contributed by atoms with E-state index in [0.717, 1.165) is 46.6 Å². The Hall–Kier alpha value is -2.40. The summed E-state index contributed by atoms with van der Waals surface area (Å²) in [5.41, 5.74) is 2.92. The minimum absolute atomic E-state index is 0.0823. The number of hydrogen-bond acceptors (Lipinski definition) is 7. The number of fused-ring (bicyclic) bond motifs is 1. The molecule has 0 aliphatic carbocycles. The summed E-state index contributed by atoms with van der Waals surface area (Å²) in [5, 5.41) is 0.478. The minimum atomic E-state index is -3.93. The second-order valence-corrected chi connectivity index (χ2v) is 11.1. The Morgan fingerprint density at radius 1 is 1.18 bits per heavy atom. The van der Waals surface area contributed by atoms with E-state index < -0.39 is 27.3 Å². The molecule has 1 amide bonds. The Kier molecular flexibility index (Phi) is 7.08. The molecule has 0 unspecified atom stereocenters. The number of sulfone groups is 1. The van der Waals surface area contributed by atoms with Crippen molar-refractivity contribution in [3.8, 4) is 0 Å². The first-order chi connectivity index (χ1) is 15.7. The molecule has 33 heavy (non-hydrogen) atoms. The summed E-state index contributed by atoms with van der Waals surface area (Å²) in [5.74, 6) is -1.80. The molecule has 2 heterocycles. The summed E-state index contributed by atoms with van der Waals surface area (Å²) in [7, 11) is -3.93. The minimum Gasteiger partial charge on any atom is -0.379 e. The number of morpholine rings is 1. The lowest BCUT2D eigenvalue weighted by atomic mass is 10.1. The molecule has 0 radical (unpaired) electrons. The highest BCUT2D eigenvalue weighted by molar-refractivity contribution is 7.92. The van der Waals surface area contributed by atoms with E-state index in [-0.39, 0.29) is 4.90 Å². The van der Waals surface area contributed by atoms with Crippen molar-refractivity contribution in [2.45, 2.75) is 18.7 Å². The molecule has 1 fully saturated rings. The summed E-state index contributed by atoms with van der Waals surface area (Å²) in [6.45, 7) is 7.65. The van der Waals surface area contributed by atoms with E-state index in [1.807, 2.05) is 26.0 Å². The van der Waals surface area contributed by atoms with Crippen LogP contribution in [-0.4, -0.2) is 69.4 Å². The quantitative estimate of drug-likeness (QED) is 0.473. The Labute approximate surface area is 196 Å². The van der Waals surface area contributed by atoms with E-state index in [1.54, 1.807) is 0 Å². The summed E-state index contributed by atoms with van der Waals surface area (Å²) < 4.78 is 45.3. The zero-order chi connectivity index (χ0) is 23.6. The lowest BCUT2D eigenvalue weighted by molar-refractivity contribution is -0.116. The largest absolute Gasteiger partial charge is 0.379 e. The van der Waals surface area contributed by atoms with Gasteiger partial charge in [-0.1, -0.05) is 17.4 Å². The standard InChI is InChI=1S/C23H26FN3O4S2/c1-16-13-17(2)22-20(14-16)32-23(25-22)27(8-7-26-9-11-31-12-10-26)21(28)15-33(29,30)19-5-3-18(24)4-6-19/h3-6,13-14H,7-12,15H2,1-2H3. The second-order valence-electron chi connectivity index (χ2n) is 8.14. The van der Waals surface area contributed by atoms with Crippen LogP contribution in [-0.2, 0) is 19.4 Å². The number of rotatable bonds is 7. The maximum absolute atomic E-state index is 13.3. The van der Waals surface area contributed by atoms with Gasteiger partial charge >= 0.3 is 0 Å². The average Bonchev–Trinajstić information content (AvgIpc) is 3.18. The van der Waals surface area contributed by atoms with Crippen LogP contribution in [0.4, 0.5) is 9.52 Å². The van der Waals surface area contributed by atoms with Crippen LogP contribution >= 0.6 is 11.3 Å². The number of ether oxygens (including phenoxy) is 1. The lowest BCUT2D eigenvalue weighted by Gasteiger charge is -2.29. The normalized spacial score (nSPS) is 15.1. The average molecular weight is 492 g/mol. The molecule has 1 aliphatic heterocycles. The highest BCUT2D eigenvalue weighted by Crippen LogP contribution is 2.32. The molecule has 4 rings (SSSR count). The number of amides is 1. The van der Waals surface area contributed by atoms with E-state index in [1.165, 1.54) is 28.4 Å². The zero-order valence-corrected chi connectivity index (χ0v) is 20.2. The number of carbonyl (C=O) groups excluding carboxylic acids is 1. The van der Waals surface area contributed by atoms with Crippen LogP contribution in [0.5, 0.6) is 0 Å². The van der Waals surface area contributed by atoms with Crippen LogP contribution in [0, 0.1) is 19.7 Å². The number of benzene rings is 2. The molecule has 176 valence electrons. The molecule has 0 spiro atoms. The van der Waals surface area contributed by atoms with Crippen LogP contribution in [0.3, 0.4) is 0 Å². The molecule has 1 aromatic heterocycles. The van der Waals surface area contributed by atoms with Gasteiger partial charge in [-0.15, -0.1) is 0 Å². The first-order valence-corrected chi connectivity index (χ1v) is 13.2. The van der Waals surface area contributed by atoms with E-state index >= 15 is 0 Å². The summed E-state index contributed by atoms with van der Waals surface area (Å²) in [4.78, 5) is 21.6. The molecule has 1 saturated heterocycles. The lowest BCUT2D eigenvalue weighted by Crippen LogP contribution is -2.44. The van der Waals surface area contributed by atoms with Crippen molar-refractivity contribution < 1.29 is 22.3 Å². The Morgan fingerprint density at radius 2 is 1.88 bits per heavy atom. The highest BCUT2D eigenvalue weighted by Gasteiger charge is 2.27. The molecule has 2 aromatic carbocycles.